The van der Waals surface area contributed by atoms with Crippen LogP contribution < -0.4 is 11.1 Å². The van der Waals surface area contributed by atoms with Gasteiger partial charge in [-0.3, -0.25) is 4.98 Å². The average molecular weight is 235 g/mol. The van der Waals surface area contributed by atoms with Gasteiger partial charge in [0.15, 0.2) is 0 Å². The summed E-state index contributed by atoms with van der Waals surface area (Å²) >= 11 is 0. The fraction of sp³-hybridized carbons (Fsp3) is 0. The number of fused-ring (bicyclic) bond motifs is 1. The highest BCUT2D eigenvalue weighted by Crippen LogP contribution is 2.26. The Morgan fingerprint density at radius 2 is 1.89 bits per heavy atom. The summed E-state index contributed by atoms with van der Waals surface area (Å²) < 4.78 is 0. The third-order valence-corrected chi connectivity index (χ3v) is 2.85. The normalized spacial score (nSPS) is 10.4. The van der Waals surface area contributed by atoms with Gasteiger partial charge in [0.05, 0.1) is 0 Å². The lowest BCUT2D eigenvalue weighted by molar-refractivity contribution is 1.36. The van der Waals surface area contributed by atoms with E-state index in [2.05, 4.69) is 16.4 Å². The molecule has 3 nitrogen and oxygen atoms in total. The lowest BCUT2D eigenvalue weighted by atomic mass is 10.1. The van der Waals surface area contributed by atoms with E-state index in [-0.39, 0.29) is 0 Å². The molecule has 0 amide bonds. The molecule has 0 bridgehead atoms. The zero-order valence-electron chi connectivity index (χ0n) is 9.80. The summed E-state index contributed by atoms with van der Waals surface area (Å²) in [5.41, 5.74) is 8.53. The summed E-state index contributed by atoms with van der Waals surface area (Å²) in [6.45, 7) is 0. The second-order valence-corrected chi connectivity index (χ2v) is 4.15. The maximum absolute atomic E-state index is 5.77. The van der Waals surface area contributed by atoms with E-state index < -0.39 is 0 Å². The van der Waals surface area contributed by atoms with E-state index in [1.165, 1.54) is 5.39 Å². The third kappa shape index (κ3) is 1.98. The number of pyridine rings is 1. The van der Waals surface area contributed by atoms with Crippen LogP contribution in [-0.4, -0.2) is 4.98 Å². The molecule has 0 saturated carbocycles. The van der Waals surface area contributed by atoms with E-state index in [0.29, 0.717) is 0 Å². The molecule has 18 heavy (non-hydrogen) atoms. The van der Waals surface area contributed by atoms with Crippen LogP contribution in [0.2, 0.25) is 0 Å². The number of nitrogens with zero attached hydrogens (tertiary/aromatic N) is 1. The summed E-state index contributed by atoms with van der Waals surface area (Å²) in [7, 11) is 0. The monoisotopic (exact) mass is 235 g/mol. The number of nitrogens with two attached hydrogens (primary N) is 1. The van der Waals surface area contributed by atoms with E-state index >= 15 is 0 Å². The van der Waals surface area contributed by atoms with Crippen LogP contribution in [0.4, 0.5) is 17.1 Å². The topological polar surface area (TPSA) is 50.9 Å². The fourth-order valence-corrected chi connectivity index (χ4v) is 1.99. The maximum Gasteiger partial charge on any atom is 0.0479 e. The fourth-order valence-electron chi connectivity index (χ4n) is 1.99. The first kappa shape index (κ1) is 10.6. The predicted molar refractivity (Wildman–Crippen MR) is 75.9 cm³/mol. The first-order valence-corrected chi connectivity index (χ1v) is 5.78. The summed E-state index contributed by atoms with van der Waals surface area (Å²) in [5.74, 6) is 0. The first-order valence-electron chi connectivity index (χ1n) is 5.78. The predicted octanol–water partition coefficient (Wildman–Crippen LogP) is 3.56. The minimum Gasteiger partial charge on any atom is -0.399 e. The highest BCUT2D eigenvalue weighted by atomic mass is 14.9. The Bertz CT molecular complexity index is 687. The lowest BCUT2D eigenvalue weighted by Gasteiger charge is -2.09. The number of nitrogens with one attached hydrogen (secondary N) is 1. The standard InChI is InChI=1S/C15H13N3/c16-12-4-2-5-13(9-12)18-15-6-1-3-11-7-8-17-10-14(11)15/h1-10,18H,16H2. The number of anilines is 3. The van der Waals surface area contributed by atoms with E-state index in [0.717, 1.165) is 22.4 Å². The highest BCUT2D eigenvalue weighted by Gasteiger charge is 2.01. The Kier molecular flexibility index (Phi) is 2.57. The molecule has 88 valence electrons. The summed E-state index contributed by atoms with van der Waals surface area (Å²) in [6.07, 6.45) is 3.66. The highest BCUT2D eigenvalue weighted by molar-refractivity contribution is 5.94. The van der Waals surface area contributed by atoms with Crippen molar-refractivity contribution < 1.29 is 0 Å². The molecule has 0 aliphatic heterocycles. The van der Waals surface area contributed by atoms with Gasteiger partial charge in [-0.05, 0) is 35.7 Å². The molecule has 1 aromatic heterocycles. The second kappa shape index (κ2) is 4.37. The zero-order chi connectivity index (χ0) is 12.4. The molecule has 0 radical (unpaired) electrons. The third-order valence-electron chi connectivity index (χ3n) is 2.85. The van der Waals surface area contributed by atoms with Crippen molar-refractivity contribution in [3.8, 4) is 0 Å². The van der Waals surface area contributed by atoms with Gasteiger partial charge in [-0.1, -0.05) is 18.2 Å². The molecule has 0 spiro atoms. The van der Waals surface area contributed by atoms with Gasteiger partial charge in [0.25, 0.3) is 0 Å². The quantitative estimate of drug-likeness (QED) is 0.668. The molecule has 2 aromatic carbocycles. The molecule has 1 heterocycles. The molecule has 3 rings (SSSR count). The van der Waals surface area contributed by atoms with Gasteiger partial charge < -0.3 is 11.1 Å². The number of hydrogen-bond donors (Lipinski definition) is 2. The number of nitrogen functional groups attached to an aromatic ring is 1. The number of rotatable bonds is 2. The van der Waals surface area contributed by atoms with Crippen molar-refractivity contribution in [3.05, 3.63) is 60.9 Å². The number of aromatic nitrogens is 1. The van der Waals surface area contributed by atoms with E-state index in [1.807, 2.05) is 48.7 Å². The molecule has 0 unspecified atom stereocenters. The molecule has 0 saturated heterocycles. The molecular weight excluding hydrogens is 222 g/mol. The molecule has 0 fully saturated rings. The molecule has 3 N–H and O–H groups in total. The molecule has 0 aliphatic carbocycles. The Labute approximate surface area is 105 Å². The summed E-state index contributed by atoms with van der Waals surface area (Å²) in [6, 6.07) is 15.8. The van der Waals surface area contributed by atoms with Crippen molar-refractivity contribution >= 4 is 27.8 Å². The van der Waals surface area contributed by atoms with Crippen LogP contribution in [0.25, 0.3) is 10.8 Å². The van der Waals surface area contributed by atoms with Crippen molar-refractivity contribution in [3.63, 3.8) is 0 Å². The van der Waals surface area contributed by atoms with Crippen LogP contribution in [0, 0.1) is 0 Å². The Hall–Kier alpha value is -2.55. The largest absolute Gasteiger partial charge is 0.399 e. The van der Waals surface area contributed by atoms with Crippen molar-refractivity contribution in [2.45, 2.75) is 0 Å². The molecule has 0 atom stereocenters. The zero-order valence-corrected chi connectivity index (χ0v) is 9.80. The van der Waals surface area contributed by atoms with Gasteiger partial charge >= 0.3 is 0 Å². The number of benzene rings is 2. The number of hydrogen-bond acceptors (Lipinski definition) is 3. The van der Waals surface area contributed by atoms with Crippen LogP contribution in [0.5, 0.6) is 0 Å². The van der Waals surface area contributed by atoms with E-state index in [9.17, 15) is 0 Å². The van der Waals surface area contributed by atoms with Crippen LogP contribution in [0.15, 0.2) is 60.9 Å². The molecule has 0 aliphatic rings. The summed E-state index contributed by atoms with van der Waals surface area (Å²) in [4.78, 5) is 4.17. The van der Waals surface area contributed by atoms with Gasteiger partial charge in [-0.25, -0.2) is 0 Å². The van der Waals surface area contributed by atoms with Gasteiger partial charge in [-0.2, -0.15) is 0 Å². The van der Waals surface area contributed by atoms with Gasteiger partial charge in [0.2, 0.25) is 0 Å². The van der Waals surface area contributed by atoms with E-state index in [1.54, 1.807) is 6.20 Å². The van der Waals surface area contributed by atoms with Gasteiger partial charge in [0, 0.05) is 34.8 Å². The summed E-state index contributed by atoms with van der Waals surface area (Å²) in [5, 5.41) is 5.63. The van der Waals surface area contributed by atoms with Crippen molar-refractivity contribution in [2.75, 3.05) is 11.1 Å². The Balaban J connectivity index is 2.05. The van der Waals surface area contributed by atoms with E-state index in [4.69, 9.17) is 5.73 Å². The minimum atomic E-state index is 0.748. The van der Waals surface area contributed by atoms with Crippen molar-refractivity contribution in [1.29, 1.82) is 0 Å². The van der Waals surface area contributed by atoms with Crippen molar-refractivity contribution in [1.82, 2.24) is 4.98 Å². The lowest BCUT2D eigenvalue weighted by Crippen LogP contribution is -1.93. The Morgan fingerprint density at radius 1 is 1.00 bits per heavy atom. The molecule has 3 aromatic rings. The first-order chi connectivity index (χ1) is 8.83. The second-order valence-electron chi connectivity index (χ2n) is 4.15. The minimum absolute atomic E-state index is 0.748. The van der Waals surface area contributed by atoms with Gasteiger partial charge in [0.1, 0.15) is 0 Å². The van der Waals surface area contributed by atoms with Crippen LogP contribution in [0.3, 0.4) is 0 Å². The SMILES string of the molecule is Nc1cccc(Nc2cccc3ccncc23)c1. The smallest absolute Gasteiger partial charge is 0.0479 e. The Morgan fingerprint density at radius 3 is 2.78 bits per heavy atom. The molecule has 3 heteroatoms. The van der Waals surface area contributed by atoms with Crippen LogP contribution in [0.1, 0.15) is 0 Å². The maximum atomic E-state index is 5.77. The van der Waals surface area contributed by atoms with Crippen molar-refractivity contribution in [2.24, 2.45) is 0 Å². The average Bonchev–Trinajstić information content (AvgIpc) is 2.39. The molecular formula is C15H13N3. The van der Waals surface area contributed by atoms with Crippen LogP contribution in [-0.2, 0) is 0 Å². The van der Waals surface area contributed by atoms with Crippen LogP contribution >= 0.6 is 0 Å². The van der Waals surface area contributed by atoms with Gasteiger partial charge in [-0.15, -0.1) is 0 Å².